The molecule has 2 saturated heterocycles. The molecule has 0 aliphatic carbocycles. The molecule has 25 heavy (non-hydrogen) atoms. The first-order valence-corrected chi connectivity index (χ1v) is 8.90. The van der Waals surface area contributed by atoms with Gasteiger partial charge in [-0.05, 0) is 31.7 Å². The van der Waals surface area contributed by atoms with Crippen LogP contribution in [0.15, 0.2) is 36.7 Å². The molecule has 1 spiro atoms. The van der Waals surface area contributed by atoms with Crippen molar-refractivity contribution in [3.05, 3.63) is 42.2 Å². The highest BCUT2D eigenvalue weighted by Crippen LogP contribution is 2.36. The van der Waals surface area contributed by atoms with Gasteiger partial charge in [0.05, 0.1) is 17.3 Å². The number of piperidine rings is 1. The molecule has 1 unspecified atom stereocenters. The molecule has 0 saturated carbocycles. The fourth-order valence-corrected chi connectivity index (χ4v) is 3.94. The van der Waals surface area contributed by atoms with Crippen LogP contribution < -0.4 is 0 Å². The molecule has 2 aliphatic rings. The summed E-state index contributed by atoms with van der Waals surface area (Å²) in [7, 11) is 0. The minimum absolute atomic E-state index is 0.00662. The molecule has 6 nitrogen and oxygen atoms in total. The lowest BCUT2D eigenvalue weighted by molar-refractivity contribution is -0.174. The average Bonchev–Trinajstić information content (AvgIpc) is 3.19. The molecule has 1 amide bonds. The zero-order chi connectivity index (χ0) is 17.3. The van der Waals surface area contributed by atoms with Gasteiger partial charge in [0, 0.05) is 37.7 Å². The monoisotopic (exact) mass is 341 g/mol. The van der Waals surface area contributed by atoms with E-state index in [0.29, 0.717) is 43.9 Å². The van der Waals surface area contributed by atoms with Gasteiger partial charge in [-0.25, -0.2) is 4.98 Å². The topological polar surface area (TPSA) is 78.5 Å². The van der Waals surface area contributed by atoms with Gasteiger partial charge in [0.2, 0.25) is 0 Å². The van der Waals surface area contributed by atoms with Crippen molar-refractivity contribution >= 4 is 5.91 Å². The van der Waals surface area contributed by atoms with E-state index in [9.17, 15) is 9.90 Å². The van der Waals surface area contributed by atoms with Crippen LogP contribution in [0.25, 0.3) is 11.4 Å². The van der Waals surface area contributed by atoms with Crippen LogP contribution in [-0.2, 0) is 4.74 Å². The largest absolute Gasteiger partial charge is 0.390 e. The Kier molecular flexibility index (Phi) is 4.31. The summed E-state index contributed by atoms with van der Waals surface area (Å²) < 4.78 is 5.93. The minimum Gasteiger partial charge on any atom is -0.390 e. The first-order chi connectivity index (χ1) is 12.2. The summed E-state index contributed by atoms with van der Waals surface area (Å²) in [5.74, 6) is 0.704. The molecule has 3 heterocycles. The number of aromatic nitrogens is 2. The van der Waals surface area contributed by atoms with E-state index in [1.54, 1.807) is 12.4 Å². The summed E-state index contributed by atoms with van der Waals surface area (Å²) in [4.78, 5) is 22.3. The normalized spacial score (nSPS) is 22.9. The molecule has 1 atom stereocenters. The number of benzene rings is 1. The summed E-state index contributed by atoms with van der Waals surface area (Å²) in [6, 6.07) is 7.53. The summed E-state index contributed by atoms with van der Waals surface area (Å²) >= 11 is 0. The number of aromatic amines is 1. The second-order valence-corrected chi connectivity index (χ2v) is 6.85. The van der Waals surface area contributed by atoms with Gasteiger partial charge in [0.15, 0.2) is 0 Å². The van der Waals surface area contributed by atoms with Crippen LogP contribution in [0.5, 0.6) is 0 Å². The number of carbonyl (C=O) groups is 1. The molecule has 2 fully saturated rings. The lowest BCUT2D eigenvalue weighted by Gasteiger charge is -2.46. The molecule has 1 aromatic carbocycles. The van der Waals surface area contributed by atoms with Crippen LogP contribution in [0.4, 0.5) is 0 Å². The van der Waals surface area contributed by atoms with Crippen molar-refractivity contribution in [1.29, 1.82) is 0 Å². The van der Waals surface area contributed by atoms with Crippen LogP contribution in [0, 0.1) is 0 Å². The van der Waals surface area contributed by atoms with E-state index in [-0.39, 0.29) is 5.91 Å². The van der Waals surface area contributed by atoms with E-state index in [1.165, 1.54) is 0 Å². The Labute approximate surface area is 146 Å². The van der Waals surface area contributed by atoms with E-state index in [1.807, 2.05) is 29.2 Å². The Bertz CT molecular complexity index is 736. The van der Waals surface area contributed by atoms with Crippen molar-refractivity contribution in [3.63, 3.8) is 0 Å². The third-order valence-electron chi connectivity index (χ3n) is 5.43. The minimum atomic E-state index is -0.463. The van der Waals surface area contributed by atoms with Gasteiger partial charge in [0.25, 0.3) is 5.91 Å². The summed E-state index contributed by atoms with van der Waals surface area (Å²) in [6.07, 6.45) is 6.07. The van der Waals surface area contributed by atoms with Gasteiger partial charge in [-0.1, -0.05) is 18.2 Å². The number of aliphatic hydroxyl groups excluding tert-OH is 1. The van der Waals surface area contributed by atoms with Crippen LogP contribution in [0.1, 0.15) is 36.0 Å². The third kappa shape index (κ3) is 2.96. The Morgan fingerprint density at radius 3 is 2.84 bits per heavy atom. The van der Waals surface area contributed by atoms with E-state index < -0.39 is 11.7 Å². The van der Waals surface area contributed by atoms with E-state index in [0.717, 1.165) is 18.4 Å². The molecule has 0 bridgehead atoms. The maximum Gasteiger partial charge on any atom is 0.254 e. The highest BCUT2D eigenvalue weighted by Gasteiger charge is 2.44. The number of imidazole rings is 1. The highest BCUT2D eigenvalue weighted by molar-refractivity contribution is 6.00. The van der Waals surface area contributed by atoms with Crippen LogP contribution >= 0.6 is 0 Å². The quantitative estimate of drug-likeness (QED) is 0.878. The highest BCUT2D eigenvalue weighted by atomic mass is 16.5. The van der Waals surface area contributed by atoms with Gasteiger partial charge in [-0.3, -0.25) is 4.79 Å². The molecule has 2 aliphatic heterocycles. The van der Waals surface area contributed by atoms with E-state index in [2.05, 4.69) is 9.97 Å². The number of ether oxygens (including phenoxy) is 1. The zero-order valence-corrected chi connectivity index (χ0v) is 14.1. The van der Waals surface area contributed by atoms with Gasteiger partial charge < -0.3 is 19.7 Å². The fourth-order valence-electron chi connectivity index (χ4n) is 3.94. The van der Waals surface area contributed by atoms with Crippen molar-refractivity contribution in [2.75, 3.05) is 19.7 Å². The van der Waals surface area contributed by atoms with Crippen LogP contribution in [0.3, 0.4) is 0 Å². The van der Waals surface area contributed by atoms with Crippen molar-refractivity contribution < 1.29 is 14.6 Å². The van der Waals surface area contributed by atoms with Gasteiger partial charge in [-0.15, -0.1) is 0 Å². The maximum absolute atomic E-state index is 13.0. The Balaban J connectivity index is 1.52. The number of hydrogen-bond donors (Lipinski definition) is 2. The molecule has 2 aromatic rings. The smallest absolute Gasteiger partial charge is 0.254 e. The molecular formula is C19H23N3O3. The molecule has 2 N–H and O–H groups in total. The molecule has 0 radical (unpaired) electrons. The number of rotatable bonds is 2. The molecular weight excluding hydrogens is 318 g/mol. The first-order valence-electron chi connectivity index (χ1n) is 8.90. The summed E-state index contributed by atoms with van der Waals surface area (Å²) in [5.41, 5.74) is 1.00. The van der Waals surface area contributed by atoms with Crippen molar-refractivity contribution in [2.24, 2.45) is 0 Å². The number of nitrogens with zero attached hydrogens (tertiary/aromatic N) is 2. The van der Waals surface area contributed by atoms with Crippen molar-refractivity contribution in [3.8, 4) is 11.4 Å². The average molecular weight is 341 g/mol. The predicted molar refractivity (Wildman–Crippen MR) is 93.1 cm³/mol. The van der Waals surface area contributed by atoms with Crippen LogP contribution in [0.2, 0.25) is 0 Å². The number of H-pyrrole nitrogens is 1. The lowest BCUT2D eigenvalue weighted by Crippen LogP contribution is -2.56. The Hall–Kier alpha value is -2.18. The van der Waals surface area contributed by atoms with Crippen molar-refractivity contribution in [2.45, 2.75) is 37.4 Å². The van der Waals surface area contributed by atoms with Gasteiger partial charge in [0.1, 0.15) is 5.82 Å². The Morgan fingerprint density at radius 1 is 1.32 bits per heavy atom. The Morgan fingerprint density at radius 2 is 2.12 bits per heavy atom. The van der Waals surface area contributed by atoms with Gasteiger partial charge >= 0.3 is 0 Å². The number of aliphatic hydroxyl groups is 1. The standard InChI is InChI=1S/C19H23N3O3/c23-16-6-3-13-25-19(16)7-11-22(12-8-19)18(24)15-5-2-1-4-14(15)17-20-9-10-21-17/h1-2,4-5,9-10,16,23H,3,6-8,11-13H2,(H,20,21). The second kappa shape index (κ2) is 6.61. The van der Waals surface area contributed by atoms with Gasteiger partial charge in [-0.2, -0.15) is 0 Å². The number of amides is 1. The molecule has 1 aromatic heterocycles. The zero-order valence-electron chi connectivity index (χ0n) is 14.1. The number of hydrogen-bond acceptors (Lipinski definition) is 4. The fraction of sp³-hybridized carbons (Fsp3) is 0.474. The van der Waals surface area contributed by atoms with Crippen LogP contribution in [-0.4, -0.2) is 57.3 Å². The number of nitrogens with one attached hydrogen (secondary N) is 1. The van der Waals surface area contributed by atoms with Crippen molar-refractivity contribution in [1.82, 2.24) is 14.9 Å². The molecule has 6 heteroatoms. The number of carbonyl (C=O) groups excluding carboxylic acids is 1. The lowest BCUT2D eigenvalue weighted by atomic mass is 9.82. The molecule has 4 rings (SSSR count). The second-order valence-electron chi connectivity index (χ2n) is 6.85. The van der Waals surface area contributed by atoms with E-state index >= 15 is 0 Å². The molecule has 132 valence electrons. The predicted octanol–water partition coefficient (Wildman–Crippen LogP) is 2.22. The number of likely N-dealkylation sites (tertiary alicyclic amines) is 1. The first kappa shape index (κ1) is 16.3. The summed E-state index contributed by atoms with van der Waals surface area (Å²) in [5, 5.41) is 10.4. The maximum atomic E-state index is 13.0. The summed E-state index contributed by atoms with van der Waals surface area (Å²) in [6.45, 7) is 1.90. The third-order valence-corrected chi connectivity index (χ3v) is 5.43. The van der Waals surface area contributed by atoms with E-state index in [4.69, 9.17) is 4.74 Å². The SMILES string of the molecule is O=C(c1ccccc1-c1ncc[nH]1)N1CCC2(CC1)OCCCC2O.